The monoisotopic (exact) mass is 489 g/mol. The lowest BCUT2D eigenvalue weighted by atomic mass is 10.0. The zero-order valence-electron chi connectivity index (χ0n) is 18.6. The summed E-state index contributed by atoms with van der Waals surface area (Å²) in [4.78, 5) is 35.7. The van der Waals surface area contributed by atoms with Crippen LogP contribution in [0.15, 0.2) is 30.6 Å². The molecule has 4 rings (SSSR count). The van der Waals surface area contributed by atoms with Crippen LogP contribution >= 0.6 is 0 Å². The molecule has 11 nitrogen and oxygen atoms in total. The summed E-state index contributed by atoms with van der Waals surface area (Å²) in [6.07, 6.45) is -3.53. The van der Waals surface area contributed by atoms with Gasteiger partial charge in [-0.3, -0.25) is 10.1 Å². The van der Waals surface area contributed by atoms with Crippen LogP contribution in [0.5, 0.6) is 0 Å². The number of aryl methyl sites for hydroxylation is 1. The number of aromatic nitrogens is 5. The molecule has 0 bridgehead atoms. The van der Waals surface area contributed by atoms with Crippen molar-refractivity contribution in [1.29, 1.82) is 0 Å². The maximum absolute atomic E-state index is 13.3. The van der Waals surface area contributed by atoms with Gasteiger partial charge in [0.1, 0.15) is 23.5 Å². The topological polar surface area (TPSA) is 137 Å². The van der Waals surface area contributed by atoms with Crippen LogP contribution in [-0.2, 0) is 10.9 Å². The van der Waals surface area contributed by atoms with E-state index in [0.717, 1.165) is 12.1 Å². The minimum atomic E-state index is -4.77. The number of nitro groups is 1. The third-order valence-electron chi connectivity index (χ3n) is 5.14. The lowest BCUT2D eigenvalue weighted by molar-refractivity contribution is -0.385. The van der Waals surface area contributed by atoms with Crippen molar-refractivity contribution in [3.8, 4) is 0 Å². The molecule has 0 spiro atoms. The number of carbonyl (C=O) groups is 1. The van der Waals surface area contributed by atoms with Gasteiger partial charge in [0.2, 0.25) is 0 Å². The van der Waals surface area contributed by atoms with Crippen molar-refractivity contribution in [3.05, 3.63) is 63.2 Å². The number of nitrogens with zero attached hydrogens (tertiary/aromatic N) is 6. The van der Waals surface area contributed by atoms with Gasteiger partial charge < -0.3 is 10.1 Å². The quantitative estimate of drug-likeness (QED) is 0.239. The lowest BCUT2D eigenvalue weighted by Gasteiger charge is -2.18. The van der Waals surface area contributed by atoms with E-state index in [1.54, 1.807) is 13.8 Å². The lowest BCUT2D eigenvalue weighted by Crippen LogP contribution is -2.14. The molecule has 35 heavy (non-hydrogen) atoms. The first-order valence-electron chi connectivity index (χ1n) is 10.3. The average molecular weight is 489 g/mol. The zero-order chi connectivity index (χ0) is 25.5. The van der Waals surface area contributed by atoms with Crippen LogP contribution < -0.4 is 5.32 Å². The number of alkyl halides is 3. The zero-order valence-corrected chi connectivity index (χ0v) is 18.6. The Hall–Kier alpha value is -4.36. The number of benzene rings is 1. The molecule has 0 aliphatic carbocycles. The molecule has 1 aromatic carbocycles. The van der Waals surface area contributed by atoms with Gasteiger partial charge in [-0.25, -0.2) is 19.7 Å². The van der Waals surface area contributed by atoms with E-state index in [2.05, 4.69) is 25.4 Å². The van der Waals surface area contributed by atoms with Gasteiger partial charge in [-0.2, -0.15) is 22.8 Å². The van der Waals surface area contributed by atoms with Gasteiger partial charge in [0.05, 0.1) is 28.5 Å². The van der Waals surface area contributed by atoms with Crippen LogP contribution in [0.4, 0.5) is 24.7 Å². The highest BCUT2D eigenvalue weighted by atomic mass is 19.4. The number of ether oxygens (including phenoxy) is 1. The van der Waals surface area contributed by atoms with Gasteiger partial charge in [-0.1, -0.05) is 0 Å². The second-order valence-electron chi connectivity index (χ2n) is 7.56. The second-order valence-corrected chi connectivity index (χ2v) is 7.56. The molecule has 14 heteroatoms. The van der Waals surface area contributed by atoms with Crippen molar-refractivity contribution >= 4 is 34.2 Å². The molecule has 0 radical (unpaired) electrons. The van der Waals surface area contributed by atoms with E-state index in [9.17, 15) is 28.1 Å². The van der Waals surface area contributed by atoms with Crippen molar-refractivity contribution in [2.45, 2.75) is 33.0 Å². The molecule has 3 aromatic heterocycles. The van der Waals surface area contributed by atoms with E-state index >= 15 is 0 Å². The molecule has 1 N–H and O–H groups in total. The number of carbonyl (C=O) groups excluding carboxylic acids is 1. The van der Waals surface area contributed by atoms with E-state index in [4.69, 9.17) is 4.74 Å². The molecule has 0 saturated heterocycles. The molecule has 182 valence electrons. The normalized spacial score (nSPS) is 12.6. The van der Waals surface area contributed by atoms with Crippen LogP contribution in [0.3, 0.4) is 0 Å². The highest BCUT2D eigenvalue weighted by Crippen LogP contribution is 2.35. The summed E-state index contributed by atoms with van der Waals surface area (Å²) >= 11 is 0. The number of non-ortho nitro benzene ring substituents is 1. The van der Waals surface area contributed by atoms with Crippen molar-refractivity contribution in [2.24, 2.45) is 0 Å². The largest absolute Gasteiger partial charge is 0.462 e. The van der Waals surface area contributed by atoms with Crippen LogP contribution in [0.25, 0.3) is 16.7 Å². The third kappa shape index (κ3) is 4.54. The maximum Gasteiger partial charge on any atom is 0.416 e. The number of nitrogens with one attached hydrogen (secondary N) is 1. The van der Waals surface area contributed by atoms with Crippen LogP contribution in [0, 0.1) is 17.0 Å². The highest BCUT2D eigenvalue weighted by molar-refractivity contribution is 6.02. The summed E-state index contributed by atoms with van der Waals surface area (Å²) in [5.74, 6) is -0.161. The number of nitro benzene ring substituents is 1. The number of rotatable bonds is 6. The SMILES string of the molecule is CCOC(=O)c1cc2c(N[C@H](C)c3cc([N+](=O)[O-])cc(C(F)(F)F)c3)nc(C)nc2n2ncnc12. The number of esters is 1. The first kappa shape index (κ1) is 23.8. The first-order chi connectivity index (χ1) is 16.5. The van der Waals surface area contributed by atoms with Gasteiger partial charge in [-0.05, 0) is 38.5 Å². The average Bonchev–Trinajstić information content (AvgIpc) is 3.28. The minimum absolute atomic E-state index is 0.0170. The van der Waals surface area contributed by atoms with Crippen molar-refractivity contribution < 1.29 is 27.6 Å². The minimum Gasteiger partial charge on any atom is -0.462 e. The Bertz CT molecular complexity index is 1470. The molecular formula is C21H18F3N7O4. The molecule has 0 fully saturated rings. The Kier molecular flexibility index (Phi) is 5.96. The Morgan fingerprint density at radius 3 is 2.63 bits per heavy atom. The van der Waals surface area contributed by atoms with Crippen molar-refractivity contribution in [1.82, 2.24) is 24.6 Å². The summed E-state index contributed by atoms with van der Waals surface area (Å²) in [6.45, 7) is 4.91. The predicted molar refractivity (Wildman–Crippen MR) is 117 cm³/mol. The molecule has 3 heterocycles. The van der Waals surface area contributed by atoms with Crippen LogP contribution in [-0.4, -0.2) is 42.1 Å². The van der Waals surface area contributed by atoms with E-state index in [1.807, 2.05) is 0 Å². The number of pyridine rings is 1. The summed E-state index contributed by atoms with van der Waals surface area (Å²) in [5.41, 5.74) is -1.23. The Morgan fingerprint density at radius 2 is 1.97 bits per heavy atom. The fourth-order valence-electron chi connectivity index (χ4n) is 3.56. The Balaban J connectivity index is 1.85. The smallest absolute Gasteiger partial charge is 0.416 e. The van der Waals surface area contributed by atoms with E-state index in [0.29, 0.717) is 22.9 Å². The number of hydrogen-bond acceptors (Lipinski definition) is 9. The van der Waals surface area contributed by atoms with Gasteiger partial charge >= 0.3 is 12.1 Å². The van der Waals surface area contributed by atoms with Crippen LogP contribution in [0.1, 0.15) is 47.2 Å². The number of anilines is 1. The standard InChI is InChI=1S/C21H18F3N7O4/c1-4-35-20(32)16-8-15-17(28-11(3)29-19(15)30-18(16)25-9-26-30)27-10(2)12-5-13(21(22,23)24)7-14(6-12)31(33)34/h5-10H,4H2,1-3H3,(H,27,28,29)/t10-/m1/s1. The summed E-state index contributed by atoms with van der Waals surface area (Å²) in [6, 6.07) is 2.99. The number of fused-ring (bicyclic) bond motifs is 3. The van der Waals surface area contributed by atoms with Crippen LogP contribution in [0.2, 0.25) is 0 Å². The van der Waals surface area contributed by atoms with Gasteiger partial charge in [-0.15, -0.1) is 0 Å². The van der Waals surface area contributed by atoms with E-state index in [-0.39, 0.29) is 29.2 Å². The Morgan fingerprint density at radius 1 is 1.23 bits per heavy atom. The first-order valence-corrected chi connectivity index (χ1v) is 10.3. The van der Waals surface area contributed by atoms with Gasteiger partial charge in [0, 0.05) is 12.1 Å². The fourth-order valence-corrected chi connectivity index (χ4v) is 3.56. The molecule has 0 amide bonds. The second kappa shape index (κ2) is 8.77. The highest BCUT2D eigenvalue weighted by Gasteiger charge is 2.33. The molecule has 0 aliphatic rings. The molecule has 4 aromatic rings. The molecule has 0 aliphatic heterocycles. The molecular weight excluding hydrogens is 471 g/mol. The summed E-state index contributed by atoms with van der Waals surface area (Å²) < 4.78 is 46.5. The predicted octanol–water partition coefficient (Wildman–Crippen LogP) is 4.26. The van der Waals surface area contributed by atoms with Crippen molar-refractivity contribution in [2.75, 3.05) is 11.9 Å². The summed E-state index contributed by atoms with van der Waals surface area (Å²) in [7, 11) is 0. The van der Waals surface area contributed by atoms with Gasteiger partial charge in [0.25, 0.3) is 5.69 Å². The van der Waals surface area contributed by atoms with Gasteiger partial charge in [0.15, 0.2) is 11.3 Å². The maximum atomic E-state index is 13.3. The molecule has 1 atom stereocenters. The third-order valence-corrected chi connectivity index (χ3v) is 5.14. The molecule has 0 saturated carbocycles. The summed E-state index contributed by atoms with van der Waals surface area (Å²) in [5, 5.41) is 18.7. The van der Waals surface area contributed by atoms with E-state index in [1.165, 1.54) is 23.8 Å². The Labute approximate surface area is 195 Å². The number of hydrogen-bond donors (Lipinski definition) is 1. The molecule has 0 unspecified atom stereocenters. The fraction of sp³-hybridized carbons (Fsp3) is 0.286. The van der Waals surface area contributed by atoms with E-state index < -0.39 is 34.4 Å². The van der Waals surface area contributed by atoms with Crippen molar-refractivity contribution in [3.63, 3.8) is 0 Å². The number of halogens is 3.